The molecular weight excluding hydrogens is 253 g/mol. The van der Waals surface area contributed by atoms with Crippen LogP contribution in [0.3, 0.4) is 0 Å². The molecule has 92 valence electrons. The van der Waals surface area contributed by atoms with Crippen LogP contribution in [0.5, 0.6) is 5.75 Å². The summed E-state index contributed by atoms with van der Waals surface area (Å²) >= 11 is 0. The first-order valence-electron chi connectivity index (χ1n) is 4.94. The van der Waals surface area contributed by atoms with Gasteiger partial charge in [-0.05, 0) is 15.5 Å². The third-order valence-corrected chi connectivity index (χ3v) is 2.31. The third kappa shape index (κ3) is 2.89. The van der Waals surface area contributed by atoms with Gasteiger partial charge >= 0.3 is 0 Å². The van der Waals surface area contributed by atoms with Gasteiger partial charge in [0.05, 0.1) is 12.4 Å². The summed E-state index contributed by atoms with van der Waals surface area (Å²) < 4.78 is 1.68. The van der Waals surface area contributed by atoms with Gasteiger partial charge in [0.1, 0.15) is 5.69 Å². The predicted octanol–water partition coefficient (Wildman–Crippen LogP) is 0.497. The Morgan fingerprint density at radius 3 is 2.83 bits per heavy atom. The highest BCUT2D eigenvalue weighted by Crippen LogP contribution is 2.28. The maximum atomic E-state index is 10.2. The first kappa shape index (κ1) is 12.2. The van der Waals surface area contributed by atoms with Crippen LogP contribution in [0.25, 0.3) is 11.3 Å². The van der Waals surface area contributed by atoms with E-state index in [1.54, 1.807) is 22.8 Å². The van der Waals surface area contributed by atoms with Gasteiger partial charge < -0.3 is 9.44 Å². The fourth-order valence-corrected chi connectivity index (χ4v) is 1.57. The number of hydrogen-bond donors (Lipinski definition) is 2. The first-order chi connectivity index (χ1) is 8.66. The van der Waals surface area contributed by atoms with Gasteiger partial charge in [-0.15, -0.1) is 5.10 Å². The van der Waals surface area contributed by atoms with Crippen LogP contribution in [-0.4, -0.2) is 29.8 Å². The predicted molar refractivity (Wildman–Crippen MR) is 68.3 cm³/mol. The summed E-state index contributed by atoms with van der Waals surface area (Å²) in [5.74, 6) is 0.148. The van der Waals surface area contributed by atoms with Crippen molar-refractivity contribution >= 4 is 9.39 Å². The van der Waals surface area contributed by atoms with E-state index in [9.17, 15) is 9.90 Å². The van der Waals surface area contributed by atoms with Gasteiger partial charge in [0.2, 0.25) is 0 Å². The lowest BCUT2D eigenvalue weighted by molar-refractivity contribution is 0.472. The molecule has 8 heteroatoms. The second-order valence-electron chi connectivity index (χ2n) is 3.35. The van der Waals surface area contributed by atoms with Crippen LogP contribution < -0.4 is 5.56 Å². The summed E-state index contributed by atoms with van der Waals surface area (Å²) in [6.45, 7) is 0. The van der Waals surface area contributed by atoms with Crippen molar-refractivity contribution in [1.29, 1.82) is 0 Å². The number of pyridine rings is 1. The lowest BCUT2D eigenvalue weighted by Crippen LogP contribution is -2.02. The average Bonchev–Trinajstić information content (AvgIpc) is 2.79. The monoisotopic (exact) mass is 263 g/mol. The van der Waals surface area contributed by atoms with Crippen molar-refractivity contribution in [2.24, 2.45) is 0 Å². The molecule has 2 aliphatic rings. The van der Waals surface area contributed by atoms with E-state index in [4.69, 9.17) is 0 Å². The quantitative estimate of drug-likeness (QED) is 0.575. The first-order valence-corrected chi connectivity index (χ1v) is 5.45. The number of nitrogens with one attached hydrogen (secondary N) is 1. The second kappa shape index (κ2) is 5.37. The zero-order valence-corrected chi connectivity index (χ0v) is 10.3. The minimum atomic E-state index is -0.164. The molecule has 0 radical (unpaired) electrons. The molecule has 0 fully saturated rings. The molecule has 0 spiro atoms. The fourth-order valence-electron chi connectivity index (χ4n) is 1.27. The Bertz CT molecular complexity index is 648. The molecule has 0 saturated heterocycles. The summed E-state index contributed by atoms with van der Waals surface area (Å²) in [5, 5.41) is 22.4. The molecule has 1 unspecified atom stereocenters. The van der Waals surface area contributed by atoms with E-state index >= 15 is 0 Å². The largest absolute Gasteiger partial charge is 0.504 e. The van der Waals surface area contributed by atoms with Crippen molar-refractivity contribution in [3.05, 3.63) is 47.3 Å². The molecule has 1 atom stereocenters. The van der Waals surface area contributed by atoms with Gasteiger partial charge in [0.15, 0.2) is 5.75 Å². The minimum absolute atomic E-state index is 0.148. The number of aromatic amines is 1. The molecule has 0 bridgehead atoms. The zero-order valence-electron chi connectivity index (χ0n) is 9.19. The number of hydrogen-bond acceptors (Lipinski definition) is 5. The summed E-state index contributed by atoms with van der Waals surface area (Å²) in [5.41, 5.74) is 1.21. The highest BCUT2D eigenvalue weighted by Gasteiger charge is 2.09. The van der Waals surface area contributed by atoms with Crippen LogP contribution >= 0.6 is 9.39 Å². The highest BCUT2D eigenvalue weighted by atomic mass is 31.0. The molecule has 1 aromatic rings. The number of aromatic nitrogens is 5. The normalized spacial score (nSPS) is 9.83. The van der Waals surface area contributed by atoms with E-state index in [2.05, 4.69) is 29.8 Å². The molecule has 0 saturated carbocycles. The molecule has 7 nitrogen and oxygen atoms in total. The van der Waals surface area contributed by atoms with E-state index in [0.717, 1.165) is 5.56 Å². The molecule has 18 heavy (non-hydrogen) atoms. The van der Waals surface area contributed by atoms with Crippen LogP contribution in [0.2, 0.25) is 0 Å². The van der Waals surface area contributed by atoms with Gasteiger partial charge in [0, 0.05) is 24.0 Å². The minimum Gasteiger partial charge on any atom is -0.504 e. The Kier molecular flexibility index (Phi) is 3.64. The van der Waals surface area contributed by atoms with E-state index in [1.807, 2.05) is 6.20 Å². The van der Waals surface area contributed by atoms with Gasteiger partial charge in [-0.3, -0.25) is 4.79 Å². The Morgan fingerprint density at radius 1 is 1.39 bits per heavy atom. The smallest absolute Gasteiger partial charge is 0.264 e. The highest BCUT2D eigenvalue weighted by molar-refractivity contribution is 7.14. The zero-order chi connectivity index (χ0) is 13.0. The van der Waals surface area contributed by atoms with E-state index in [-0.39, 0.29) is 11.3 Å². The molecule has 1 aromatic heterocycles. The molecule has 3 heterocycles. The van der Waals surface area contributed by atoms with Crippen molar-refractivity contribution in [3.63, 3.8) is 0 Å². The number of rotatable bonds is 0. The lowest BCUT2D eigenvalue weighted by Gasteiger charge is -2.02. The average molecular weight is 263 g/mol. The third-order valence-electron chi connectivity index (χ3n) is 2.01. The van der Waals surface area contributed by atoms with Crippen molar-refractivity contribution < 1.29 is 5.11 Å². The van der Waals surface area contributed by atoms with E-state index < -0.39 is 0 Å². The molecule has 2 N–H and O–H groups in total. The Labute approximate surface area is 104 Å². The summed E-state index contributed by atoms with van der Waals surface area (Å²) in [6.07, 6.45) is 6.50. The molecule has 2 aliphatic heterocycles. The van der Waals surface area contributed by atoms with Gasteiger partial charge in [0.25, 0.3) is 5.56 Å². The molecule has 0 amide bonds. The SMILES string of the molecule is O=c1cccn[nH]1.Oc1cn(P)cc2cnnc1-2. The number of fused-ring (bicyclic) bond motifs is 1. The van der Waals surface area contributed by atoms with Gasteiger partial charge in [-0.1, -0.05) is 0 Å². The van der Waals surface area contributed by atoms with Crippen molar-refractivity contribution in [3.8, 4) is 17.0 Å². The molecular formula is C10H10N5O2P. The van der Waals surface area contributed by atoms with Gasteiger partial charge in [-0.25, -0.2) is 5.10 Å². The molecule has 0 aliphatic carbocycles. The van der Waals surface area contributed by atoms with Crippen LogP contribution in [0.4, 0.5) is 0 Å². The summed E-state index contributed by atoms with van der Waals surface area (Å²) in [6, 6.07) is 2.99. The van der Waals surface area contributed by atoms with Crippen LogP contribution in [0, 0.1) is 0 Å². The molecule has 0 aromatic carbocycles. The topological polar surface area (TPSA) is 96.7 Å². The summed E-state index contributed by atoms with van der Waals surface area (Å²) in [4.78, 5) is 10.2. The number of H-pyrrole nitrogens is 1. The van der Waals surface area contributed by atoms with Crippen LogP contribution in [-0.2, 0) is 0 Å². The standard InChI is InChI=1S/C6H6N3OP.C4H4N2O/c10-5-3-9(11)2-4-1-7-8-6(4)5;7-4-2-1-3-5-6-4/h1-3,10H,11H2;1-3H,(H,6,7). The Morgan fingerprint density at radius 2 is 2.22 bits per heavy atom. The van der Waals surface area contributed by atoms with Crippen LogP contribution in [0.1, 0.15) is 0 Å². The Hall–Kier alpha value is -2.27. The van der Waals surface area contributed by atoms with Crippen molar-refractivity contribution in [2.45, 2.75) is 0 Å². The molecule has 3 rings (SSSR count). The van der Waals surface area contributed by atoms with E-state index in [0.29, 0.717) is 5.69 Å². The van der Waals surface area contributed by atoms with Crippen molar-refractivity contribution in [2.75, 3.05) is 0 Å². The van der Waals surface area contributed by atoms with Gasteiger partial charge in [-0.2, -0.15) is 10.2 Å². The number of nitrogens with zero attached hydrogens (tertiary/aromatic N) is 4. The summed E-state index contributed by atoms with van der Waals surface area (Å²) in [7, 11) is 2.43. The Balaban J connectivity index is 0.000000149. The maximum absolute atomic E-state index is 10.2. The van der Waals surface area contributed by atoms with Crippen molar-refractivity contribution in [1.82, 2.24) is 24.7 Å². The van der Waals surface area contributed by atoms with Crippen LogP contribution in [0.15, 0.2) is 41.7 Å². The van der Waals surface area contributed by atoms with E-state index in [1.165, 1.54) is 12.3 Å². The maximum Gasteiger partial charge on any atom is 0.264 e. The lowest BCUT2D eigenvalue weighted by atomic mass is 10.2. The fraction of sp³-hybridized carbons (Fsp3) is 0. The number of aromatic hydroxyl groups is 1. The second-order valence-corrected chi connectivity index (χ2v) is 3.95.